The van der Waals surface area contributed by atoms with E-state index in [-0.39, 0.29) is 10.8 Å². The van der Waals surface area contributed by atoms with E-state index >= 15 is 0 Å². The van der Waals surface area contributed by atoms with E-state index in [4.69, 9.17) is 16.3 Å². The number of halogens is 4. The third-order valence-corrected chi connectivity index (χ3v) is 3.96. The van der Waals surface area contributed by atoms with Crippen molar-refractivity contribution in [2.45, 2.75) is 13.0 Å². The summed E-state index contributed by atoms with van der Waals surface area (Å²) in [5.41, 5.74) is 0.878. The summed E-state index contributed by atoms with van der Waals surface area (Å²) in [5.74, 6) is -0.401. The van der Waals surface area contributed by atoms with E-state index in [1.165, 1.54) is 25.3 Å². The summed E-state index contributed by atoms with van der Waals surface area (Å²) in [7, 11) is 1.48. The lowest BCUT2D eigenvalue weighted by Crippen LogP contribution is -2.11. The molecule has 0 bridgehead atoms. The van der Waals surface area contributed by atoms with Crippen LogP contribution in [0.2, 0.25) is 5.02 Å². The van der Waals surface area contributed by atoms with Crippen LogP contribution in [0.3, 0.4) is 0 Å². The number of methoxy groups -OCH3 is 1. The molecule has 6 heteroatoms. The lowest BCUT2D eigenvalue weighted by Gasteiger charge is -2.20. The second kappa shape index (κ2) is 6.62. The van der Waals surface area contributed by atoms with E-state index in [1.54, 1.807) is 19.1 Å². The number of ether oxygens (including phenoxy) is 1. The standard InChI is InChI=1S/C15H13BrClF2NO/c1-8(14-12(19)4-3-5-13(14)21-2)20-15-10(16)6-9(18)7-11(15)17/h3-8,20H,1-2H3. The van der Waals surface area contributed by atoms with Crippen LogP contribution in [-0.2, 0) is 0 Å². The van der Waals surface area contributed by atoms with E-state index < -0.39 is 11.9 Å². The Labute approximate surface area is 135 Å². The fraction of sp³-hybridized carbons (Fsp3) is 0.200. The third-order valence-electron chi connectivity index (χ3n) is 3.03. The number of benzene rings is 2. The average Bonchev–Trinajstić information content (AvgIpc) is 2.42. The van der Waals surface area contributed by atoms with Gasteiger partial charge in [0.2, 0.25) is 0 Å². The molecule has 0 heterocycles. The molecule has 0 saturated heterocycles. The maximum Gasteiger partial charge on any atom is 0.132 e. The summed E-state index contributed by atoms with van der Waals surface area (Å²) in [5, 5.41) is 3.28. The van der Waals surface area contributed by atoms with Crippen molar-refractivity contribution >= 4 is 33.2 Å². The molecule has 0 aliphatic rings. The summed E-state index contributed by atoms with van der Waals surface area (Å²) in [6.07, 6.45) is 0. The average molecular weight is 377 g/mol. The van der Waals surface area contributed by atoms with Crippen molar-refractivity contribution in [1.82, 2.24) is 0 Å². The molecular weight excluding hydrogens is 364 g/mol. The van der Waals surface area contributed by atoms with Gasteiger partial charge in [-0.05, 0) is 47.1 Å². The Morgan fingerprint density at radius 2 is 2.00 bits per heavy atom. The summed E-state index contributed by atoms with van der Waals surface area (Å²) < 4.78 is 32.9. The van der Waals surface area contributed by atoms with Crippen molar-refractivity contribution in [2.75, 3.05) is 12.4 Å². The molecule has 0 saturated carbocycles. The summed E-state index contributed by atoms with van der Waals surface area (Å²) >= 11 is 9.26. The van der Waals surface area contributed by atoms with Crippen LogP contribution in [0.4, 0.5) is 14.5 Å². The van der Waals surface area contributed by atoms with Gasteiger partial charge in [-0.25, -0.2) is 8.78 Å². The van der Waals surface area contributed by atoms with Crippen LogP contribution in [-0.4, -0.2) is 7.11 Å². The van der Waals surface area contributed by atoms with Gasteiger partial charge in [0.15, 0.2) is 0 Å². The van der Waals surface area contributed by atoms with E-state index in [2.05, 4.69) is 21.2 Å². The molecule has 0 amide bonds. The van der Waals surface area contributed by atoms with Gasteiger partial charge in [0.05, 0.1) is 29.4 Å². The van der Waals surface area contributed by atoms with Gasteiger partial charge in [0.25, 0.3) is 0 Å². The summed E-state index contributed by atoms with van der Waals surface area (Å²) in [6.45, 7) is 1.77. The van der Waals surface area contributed by atoms with Gasteiger partial charge >= 0.3 is 0 Å². The molecule has 2 aromatic carbocycles. The lowest BCUT2D eigenvalue weighted by atomic mass is 10.1. The molecule has 1 unspecified atom stereocenters. The minimum atomic E-state index is -0.450. The highest BCUT2D eigenvalue weighted by molar-refractivity contribution is 9.10. The van der Waals surface area contributed by atoms with Crippen molar-refractivity contribution < 1.29 is 13.5 Å². The number of rotatable bonds is 4. The highest BCUT2D eigenvalue weighted by atomic mass is 79.9. The highest BCUT2D eigenvalue weighted by Gasteiger charge is 2.18. The quantitative estimate of drug-likeness (QED) is 0.754. The first-order chi connectivity index (χ1) is 9.93. The Kier molecular flexibility index (Phi) is 5.06. The molecule has 112 valence electrons. The summed E-state index contributed by atoms with van der Waals surface area (Å²) in [6, 6.07) is 6.68. The monoisotopic (exact) mass is 375 g/mol. The van der Waals surface area contributed by atoms with Crippen LogP contribution in [0.5, 0.6) is 5.75 Å². The Balaban J connectivity index is 2.37. The smallest absolute Gasteiger partial charge is 0.132 e. The number of anilines is 1. The number of nitrogens with one attached hydrogen (secondary N) is 1. The number of hydrogen-bond acceptors (Lipinski definition) is 2. The van der Waals surface area contributed by atoms with Crippen LogP contribution in [0.15, 0.2) is 34.8 Å². The molecule has 0 aromatic heterocycles. The molecule has 1 N–H and O–H groups in total. The van der Waals surface area contributed by atoms with E-state index in [1.807, 2.05) is 0 Å². The molecule has 1 atom stereocenters. The minimum Gasteiger partial charge on any atom is -0.496 e. The van der Waals surface area contributed by atoms with Crippen molar-refractivity contribution in [3.63, 3.8) is 0 Å². The van der Waals surface area contributed by atoms with E-state index in [9.17, 15) is 8.78 Å². The second-order valence-corrected chi connectivity index (χ2v) is 5.73. The Morgan fingerprint density at radius 1 is 1.29 bits per heavy atom. The first-order valence-electron chi connectivity index (χ1n) is 6.17. The zero-order valence-electron chi connectivity index (χ0n) is 11.4. The van der Waals surface area contributed by atoms with Gasteiger partial charge in [-0.3, -0.25) is 0 Å². The van der Waals surface area contributed by atoms with Crippen LogP contribution < -0.4 is 10.1 Å². The Morgan fingerprint density at radius 3 is 2.62 bits per heavy atom. The molecule has 0 aliphatic heterocycles. The molecule has 0 aliphatic carbocycles. The lowest BCUT2D eigenvalue weighted by molar-refractivity contribution is 0.402. The minimum absolute atomic E-state index is 0.212. The zero-order valence-corrected chi connectivity index (χ0v) is 13.7. The molecule has 2 rings (SSSR count). The number of hydrogen-bond donors (Lipinski definition) is 1. The van der Waals surface area contributed by atoms with Crippen molar-refractivity contribution in [3.05, 3.63) is 57.0 Å². The van der Waals surface area contributed by atoms with Crippen molar-refractivity contribution in [2.24, 2.45) is 0 Å². The maximum absolute atomic E-state index is 14.0. The zero-order chi connectivity index (χ0) is 15.6. The molecule has 2 nitrogen and oxygen atoms in total. The molecule has 0 spiro atoms. The fourth-order valence-electron chi connectivity index (χ4n) is 2.08. The van der Waals surface area contributed by atoms with Crippen LogP contribution in [0.25, 0.3) is 0 Å². The van der Waals surface area contributed by atoms with Gasteiger partial charge in [0.1, 0.15) is 17.4 Å². The maximum atomic E-state index is 14.0. The normalized spacial score (nSPS) is 12.1. The van der Waals surface area contributed by atoms with Crippen LogP contribution in [0.1, 0.15) is 18.5 Å². The van der Waals surface area contributed by atoms with Gasteiger partial charge < -0.3 is 10.1 Å². The van der Waals surface area contributed by atoms with Crippen LogP contribution in [0, 0.1) is 11.6 Å². The van der Waals surface area contributed by atoms with Gasteiger partial charge in [-0.15, -0.1) is 0 Å². The van der Waals surface area contributed by atoms with E-state index in [0.29, 0.717) is 21.5 Å². The Hall–Kier alpha value is -1.33. The highest BCUT2D eigenvalue weighted by Crippen LogP contribution is 2.36. The Bertz CT molecular complexity index is 643. The van der Waals surface area contributed by atoms with Crippen molar-refractivity contribution in [1.29, 1.82) is 0 Å². The van der Waals surface area contributed by atoms with Gasteiger partial charge in [-0.1, -0.05) is 17.7 Å². The first-order valence-corrected chi connectivity index (χ1v) is 7.34. The molecule has 2 aromatic rings. The van der Waals surface area contributed by atoms with Crippen molar-refractivity contribution in [3.8, 4) is 5.75 Å². The van der Waals surface area contributed by atoms with E-state index in [0.717, 1.165) is 0 Å². The second-order valence-electron chi connectivity index (χ2n) is 4.47. The molecular formula is C15H13BrClF2NO. The predicted molar refractivity (Wildman–Crippen MR) is 84.1 cm³/mol. The van der Waals surface area contributed by atoms with Gasteiger partial charge in [0, 0.05) is 4.47 Å². The predicted octanol–water partition coefficient (Wildman–Crippen LogP) is 5.56. The third kappa shape index (κ3) is 3.47. The molecule has 0 fully saturated rings. The molecule has 21 heavy (non-hydrogen) atoms. The topological polar surface area (TPSA) is 21.3 Å². The van der Waals surface area contributed by atoms with Gasteiger partial charge in [-0.2, -0.15) is 0 Å². The fourth-order valence-corrected chi connectivity index (χ4v) is 3.01. The summed E-state index contributed by atoms with van der Waals surface area (Å²) in [4.78, 5) is 0. The SMILES string of the molecule is COc1cccc(F)c1C(C)Nc1c(Cl)cc(F)cc1Br. The first kappa shape index (κ1) is 16.0. The van der Waals surface area contributed by atoms with Crippen LogP contribution >= 0.6 is 27.5 Å². The molecule has 0 radical (unpaired) electrons. The largest absolute Gasteiger partial charge is 0.496 e.